The van der Waals surface area contributed by atoms with Crippen LogP contribution in [0.5, 0.6) is 0 Å². The summed E-state index contributed by atoms with van der Waals surface area (Å²) in [6.07, 6.45) is 4.96. The second-order valence-corrected chi connectivity index (χ2v) is 9.15. The van der Waals surface area contributed by atoms with E-state index in [0.717, 1.165) is 24.0 Å². The fourth-order valence-electron chi connectivity index (χ4n) is 4.24. The van der Waals surface area contributed by atoms with Crippen LogP contribution in [-0.2, 0) is 20.9 Å². The van der Waals surface area contributed by atoms with Crippen molar-refractivity contribution in [2.24, 2.45) is 0 Å². The van der Waals surface area contributed by atoms with Crippen LogP contribution in [0.25, 0.3) is 11.1 Å². The number of benzene rings is 1. The lowest BCUT2D eigenvalue weighted by molar-refractivity contribution is -0.131. The van der Waals surface area contributed by atoms with Crippen LogP contribution in [-0.4, -0.2) is 64.4 Å². The maximum absolute atomic E-state index is 12.8. The van der Waals surface area contributed by atoms with E-state index in [2.05, 4.69) is 5.10 Å². The SMILES string of the molecule is CC(=O)N1c2ccc(-c3cnn(CC(=O)N(C)C4CC4)c3)cc2N(C(=O)OC(C)C)CC1C. The Kier molecular flexibility index (Phi) is 6.14. The van der Waals surface area contributed by atoms with Gasteiger partial charge in [0.05, 0.1) is 29.7 Å². The minimum Gasteiger partial charge on any atom is -0.446 e. The van der Waals surface area contributed by atoms with E-state index in [-0.39, 0.29) is 30.5 Å². The topological polar surface area (TPSA) is 88.0 Å². The molecule has 1 atom stereocenters. The summed E-state index contributed by atoms with van der Waals surface area (Å²) in [5.41, 5.74) is 2.94. The molecular weight excluding hydrogens is 422 g/mol. The molecule has 1 saturated carbocycles. The fraction of sp³-hybridized carbons (Fsp3) is 0.500. The molecular formula is C24H31N5O4. The number of hydrogen-bond donors (Lipinski definition) is 0. The summed E-state index contributed by atoms with van der Waals surface area (Å²) < 4.78 is 7.09. The van der Waals surface area contributed by atoms with Crippen molar-refractivity contribution in [1.29, 1.82) is 0 Å². The number of rotatable bonds is 5. The zero-order valence-electron chi connectivity index (χ0n) is 19.8. The summed E-state index contributed by atoms with van der Waals surface area (Å²) in [5.74, 6) is -0.0502. The van der Waals surface area contributed by atoms with Crippen molar-refractivity contribution in [1.82, 2.24) is 14.7 Å². The molecule has 4 rings (SSSR count). The first kappa shape index (κ1) is 22.8. The van der Waals surface area contributed by atoms with E-state index >= 15 is 0 Å². The number of aromatic nitrogens is 2. The van der Waals surface area contributed by atoms with Crippen LogP contribution in [0.1, 0.15) is 40.5 Å². The molecule has 1 aromatic carbocycles. The number of ether oxygens (including phenoxy) is 1. The second kappa shape index (κ2) is 8.88. The van der Waals surface area contributed by atoms with E-state index in [4.69, 9.17) is 4.74 Å². The molecule has 0 radical (unpaired) electrons. The highest BCUT2D eigenvalue weighted by molar-refractivity contribution is 6.03. The van der Waals surface area contributed by atoms with Crippen molar-refractivity contribution in [3.8, 4) is 11.1 Å². The lowest BCUT2D eigenvalue weighted by atomic mass is 10.0. The van der Waals surface area contributed by atoms with Crippen molar-refractivity contribution >= 4 is 29.3 Å². The summed E-state index contributed by atoms with van der Waals surface area (Å²) in [4.78, 5) is 42.7. The third kappa shape index (κ3) is 4.72. The van der Waals surface area contributed by atoms with E-state index in [9.17, 15) is 14.4 Å². The van der Waals surface area contributed by atoms with Crippen molar-refractivity contribution in [3.05, 3.63) is 30.6 Å². The minimum absolute atomic E-state index is 0.0336. The number of nitrogens with zero attached hydrogens (tertiary/aromatic N) is 5. The van der Waals surface area contributed by atoms with Gasteiger partial charge in [-0.25, -0.2) is 4.79 Å². The molecule has 1 aliphatic heterocycles. The van der Waals surface area contributed by atoms with Crippen molar-refractivity contribution in [2.75, 3.05) is 23.4 Å². The van der Waals surface area contributed by atoms with Crippen molar-refractivity contribution in [2.45, 2.75) is 65.3 Å². The predicted octanol–water partition coefficient (Wildman–Crippen LogP) is 3.28. The van der Waals surface area contributed by atoms with E-state index in [1.807, 2.05) is 38.4 Å². The normalized spacial score (nSPS) is 17.7. The van der Waals surface area contributed by atoms with Gasteiger partial charge in [0, 0.05) is 38.3 Å². The number of carbonyl (C=O) groups is 3. The Labute approximate surface area is 193 Å². The molecule has 176 valence electrons. The number of fused-ring (bicyclic) bond motifs is 1. The standard InChI is InChI=1S/C24H31N5O4/c1-15(2)33-24(32)28-12-16(3)29(17(4)30)21-9-6-18(10-22(21)28)19-11-25-27(13-19)14-23(31)26(5)20-7-8-20/h6,9-11,13,15-16,20H,7-8,12,14H2,1-5H3. The molecule has 2 aromatic rings. The average molecular weight is 454 g/mol. The molecule has 0 spiro atoms. The number of amides is 3. The molecule has 3 amide bonds. The van der Waals surface area contributed by atoms with Crippen LogP contribution < -0.4 is 9.80 Å². The highest BCUT2D eigenvalue weighted by Crippen LogP contribution is 2.39. The van der Waals surface area contributed by atoms with Gasteiger partial charge in [-0.15, -0.1) is 0 Å². The van der Waals surface area contributed by atoms with Gasteiger partial charge in [0.2, 0.25) is 11.8 Å². The van der Waals surface area contributed by atoms with Crippen LogP contribution in [0.3, 0.4) is 0 Å². The summed E-state index contributed by atoms with van der Waals surface area (Å²) in [5, 5.41) is 4.35. The van der Waals surface area contributed by atoms with E-state index in [0.29, 0.717) is 24.0 Å². The Morgan fingerprint density at radius 2 is 1.91 bits per heavy atom. The Morgan fingerprint density at radius 1 is 1.18 bits per heavy atom. The highest BCUT2D eigenvalue weighted by Gasteiger charge is 2.35. The second-order valence-electron chi connectivity index (χ2n) is 9.15. The van der Waals surface area contributed by atoms with Gasteiger partial charge in [0.1, 0.15) is 6.54 Å². The number of hydrogen-bond acceptors (Lipinski definition) is 5. The zero-order chi connectivity index (χ0) is 23.9. The lowest BCUT2D eigenvalue weighted by Crippen LogP contribution is -2.51. The van der Waals surface area contributed by atoms with Gasteiger partial charge in [-0.1, -0.05) is 6.07 Å². The largest absolute Gasteiger partial charge is 0.446 e. The smallest absolute Gasteiger partial charge is 0.414 e. The molecule has 9 nitrogen and oxygen atoms in total. The van der Waals surface area contributed by atoms with Crippen LogP contribution >= 0.6 is 0 Å². The quantitative estimate of drug-likeness (QED) is 0.693. The number of likely N-dealkylation sites (N-methyl/N-ethyl adjacent to an activating group) is 1. The summed E-state index contributed by atoms with van der Waals surface area (Å²) in [7, 11) is 1.83. The molecule has 0 saturated heterocycles. The lowest BCUT2D eigenvalue weighted by Gasteiger charge is -2.40. The minimum atomic E-state index is -0.442. The molecule has 0 N–H and O–H groups in total. The summed E-state index contributed by atoms with van der Waals surface area (Å²) in [6.45, 7) is 7.56. The molecule has 2 heterocycles. The van der Waals surface area contributed by atoms with Crippen molar-refractivity contribution < 1.29 is 19.1 Å². The highest BCUT2D eigenvalue weighted by atomic mass is 16.6. The Bertz CT molecular complexity index is 1070. The van der Waals surface area contributed by atoms with Gasteiger partial charge >= 0.3 is 6.09 Å². The third-order valence-electron chi connectivity index (χ3n) is 6.06. The maximum atomic E-state index is 12.8. The molecule has 9 heteroatoms. The van der Waals surface area contributed by atoms with Gasteiger partial charge in [0.25, 0.3) is 0 Å². The third-order valence-corrected chi connectivity index (χ3v) is 6.06. The molecule has 0 bridgehead atoms. The van der Waals surface area contributed by atoms with Crippen LogP contribution in [0.15, 0.2) is 30.6 Å². The Hall–Kier alpha value is -3.36. The molecule has 1 unspecified atom stereocenters. The van der Waals surface area contributed by atoms with E-state index in [1.165, 1.54) is 6.92 Å². The van der Waals surface area contributed by atoms with Gasteiger partial charge in [-0.2, -0.15) is 5.10 Å². The van der Waals surface area contributed by atoms with Crippen LogP contribution in [0.4, 0.5) is 16.2 Å². The predicted molar refractivity (Wildman–Crippen MR) is 125 cm³/mol. The zero-order valence-corrected chi connectivity index (χ0v) is 19.8. The fourth-order valence-corrected chi connectivity index (χ4v) is 4.24. The average Bonchev–Trinajstić information content (AvgIpc) is 3.50. The monoisotopic (exact) mass is 453 g/mol. The van der Waals surface area contributed by atoms with Gasteiger partial charge in [0.15, 0.2) is 0 Å². The van der Waals surface area contributed by atoms with E-state index in [1.54, 1.807) is 39.4 Å². The first-order chi connectivity index (χ1) is 15.7. The number of anilines is 2. The van der Waals surface area contributed by atoms with Crippen LogP contribution in [0, 0.1) is 0 Å². The van der Waals surface area contributed by atoms with Gasteiger partial charge in [-0.05, 0) is 51.3 Å². The Morgan fingerprint density at radius 3 is 2.55 bits per heavy atom. The molecule has 1 fully saturated rings. The van der Waals surface area contributed by atoms with E-state index < -0.39 is 6.09 Å². The number of carbonyl (C=O) groups excluding carboxylic acids is 3. The van der Waals surface area contributed by atoms with Crippen LogP contribution in [0.2, 0.25) is 0 Å². The van der Waals surface area contributed by atoms with Gasteiger partial charge < -0.3 is 14.5 Å². The summed E-state index contributed by atoms with van der Waals surface area (Å²) in [6, 6.07) is 5.80. The molecule has 33 heavy (non-hydrogen) atoms. The molecule has 1 aliphatic carbocycles. The Balaban J connectivity index is 1.63. The van der Waals surface area contributed by atoms with Crippen molar-refractivity contribution in [3.63, 3.8) is 0 Å². The first-order valence-corrected chi connectivity index (χ1v) is 11.4. The molecule has 1 aromatic heterocycles. The summed E-state index contributed by atoms with van der Waals surface area (Å²) >= 11 is 0. The van der Waals surface area contributed by atoms with Gasteiger partial charge in [-0.3, -0.25) is 19.2 Å². The maximum Gasteiger partial charge on any atom is 0.414 e. The molecule has 2 aliphatic rings. The first-order valence-electron chi connectivity index (χ1n) is 11.4.